The van der Waals surface area contributed by atoms with Crippen molar-refractivity contribution in [1.29, 1.82) is 0 Å². The van der Waals surface area contributed by atoms with E-state index in [-0.39, 0.29) is 35.9 Å². The Morgan fingerprint density at radius 3 is 2.78 bits per heavy atom. The van der Waals surface area contributed by atoms with Crippen LogP contribution in [0.25, 0.3) is 0 Å². The van der Waals surface area contributed by atoms with Gasteiger partial charge in [0.25, 0.3) is 0 Å². The molecule has 18 heavy (non-hydrogen) atoms. The predicted molar refractivity (Wildman–Crippen MR) is 73.5 cm³/mol. The number of halogens is 2. The highest BCUT2D eigenvalue weighted by Gasteiger charge is 2.41. The minimum atomic E-state index is -0.383. The second-order valence-corrected chi connectivity index (χ2v) is 4.98. The lowest BCUT2D eigenvalue weighted by atomic mass is 9.89. The Balaban J connectivity index is 0.00000162. The number of aliphatic hydroxyl groups excluding tert-OH is 1. The number of benzene rings is 1. The summed E-state index contributed by atoms with van der Waals surface area (Å²) in [6, 6.07) is 6.86. The molecule has 0 aromatic heterocycles. The van der Waals surface area contributed by atoms with Gasteiger partial charge in [0.15, 0.2) is 0 Å². The maximum atomic E-state index is 13.2. The van der Waals surface area contributed by atoms with Gasteiger partial charge in [0.1, 0.15) is 5.82 Å². The van der Waals surface area contributed by atoms with Crippen LogP contribution in [-0.2, 0) is 0 Å². The summed E-state index contributed by atoms with van der Waals surface area (Å²) in [7, 11) is 0. The lowest BCUT2D eigenvalue weighted by Gasteiger charge is -2.32. The minimum Gasteiger partial charge on any atom is -0.391 e. The Hall–Kier alpha value is -0.640. The van der Waals surface area contributed by atoms with Gasteiger partial charge in [-0.2, -0.15) is 0 Å². The van der Waals surface area contributed by atoms with Crippen LogP contribution in [0.5, 0.6) is 0 Å². The second-order valence-electron chi connectivity index (χ2n) is 4.98. The van der Waals surface area contributed by atoms with Crippen molar-refractivity contribution in [2.24, 2.45) is 0 Å². The molecule has 4 heteroatoms. The van der Waals surface area contributed by atoms with Crippen LogP contribution in [0.1, 0.15) is 44.7 Å². The number of aliphatic hydroxyl groups is 1. The fourth-order valence-corrected chi connectivity index (χ4v) is 2.77. The number of hydrogen-bond acceptors (Lipinski definition) is 2. The molecule has 0 bridgehead atoms. The summed E-state index contributed by atoms with van der Waals surface area (Å²) in [6.45, 7) is 3.90. The van der Waals surface area contributed by atoms with Crippen LogP contribution >= 0.6 is 12.4 Å². The van der Waals surface area contributed by atoms with Crippen LogP contribution in [0, 0.1) is 5.82 Å². The van der Waals surface area contributed by atoms with Crippen LogP contribution in [-0.4, -0.2) is 16.7 Å². The third-order valence-electron chi connectivity index (χ3n) is 4.02. The van der Waals surface area contributed by atoms with Crippen molar-refractivity contribution in [3.05, 3.63) is 35.6 Å². The standard InChI is InChI=1S/C14H20FNO.ClH/c1-3-14(10(2)17)8-7-13(16-14)11-5-4-6-12(15)9-11;/h4-6,9-10,13,16-17H,3,7-8H2,1-2H3;1H/t10?,13-,14-;/m0./s1. The highest BCUT2D eigenvalue weighted by Crippen LogP contribution is 2.37. The first kappa shape index (κ1) is 15.4. The van der Waals surface area contributed by atoms with E-state index < -0.39 is 0 Å². The fraction of sp³-hybridized carbons (Fsp3) is 0.571. The second kappa shape index (κ2) is 6.00. The summed E-state index contributed by atoms with van der Waals surface area (Å²) in [5.41, 5.74) is 0.762. The van der Waals surface area contributed by atoms with Crippen LogP contribution in [0.15, 0.2) is 24.3 Å². The van der Waals surface area contributed by atoms with Gasteiger partial charge in [-0.05, 0) is 43.9 Å². The number of hydrogen-bond donors (Lipinski definition) is 2. The molecule has 1 fully saturated rings. The fourth-order valence-electron chi connectivity index (χ4n) is 2.77. The van der Waals surface area contributed by atoms with Crippen molar-refractivity contribution in [2.45, 2.75) is 50.8 Å². The van der Waals surface area contributed by atoms with Gasteiger partial charge in [-0.25, -0.2) is 4.39 Å². The minimum absolute atomic E-state index is 0. The van der Waals surface area contributed by atoms with E-state index in [4.69, 9.17) is 0 Å². The van der Waals surface area contributed by atoms with E-state index in [2.05, 4.69) is 12.2 Å². The van der Waals surface area contributed by atoms with Gasteiger partial charge in [0.05, 0.1) is 6.10 Å². The summed E-state index contributed by atoms with van der Waals surface area (Å²) < 4.78 is 13.2. The Morgan fingerprint density at radius 1 is 1.56 bits per heavy atom. The van der Waals surface area contributed by atoms with E-state index in [1.807, 2.05) is 13.0 Å². The molecule has 0 aliphatic carbocycles. The van der Waals surface area contributed by atoms with Crippen LogP contribution < -0.4 is 5.32 Å². The number of nitrogens with one attached hydrogen (secondary N) is 1. The quantitative estimate of drug-likeness (QED) is 0.886. The van der Waals surface area contributed by atoms with Crippen molar-refractivity contribution in [1.82, 2.24) is 5.32 Å². The maximum Gasteiger partial charge on any atom is 0.123 e. The summed E-state index contributed by atoms with van der Waals surface area (Å²) in [4.78, 5) is 0. The van der Waals surface area contributed by atoms with Gasteiger partial charge in [-0.15, -0.1) is 12.4 Å². The molecule has 3 atom stereocenters. The molecule has 2 nitrogen and oxygen atoms in total. The molecule has 1 aromatic rings. The van der Waals surface area contributed by atoms with Crippen molar-refractivity contribution in [3.63, 3.8) is 0 Å². The molecule has 2 N–H and O–H groups in total. The molecule has 102 valence electrons. The molecule has 1 aromatic carbocycles. The van der Waals surface area contributed by atoms with E-state index in [9.17, 15) is 9.50 Å². The Morgan fingerprint density at radius 2 is 2.28 bits per heavy atom. The van der Waals surface area contributed by atoms with Gasteiger partial charge < -0.3 is 10.4 Å². The molecule has 0 radical (unpaired) electrons. The van der Waals surface area contributed by atoms with Crippen molar-refractivity contribution in [3.8, 4) is 0 Å². The van der Waals surface area contributed by atoms with Gasteiger partial charge in [-0.3, -0.25) is 0 Å². The van der Waals surface area contributed by atoms with Gasteiger partial charge in [0, 0.05) is 11.6 Å². The zero-order chi connectivity index (χ0) is 12.5. The van der Waals surface area contributed by atoms with E-state index in [1.54, 1.807) is 12.1 Å². The molecule has 1 saturated heterocycles. The van der Waals surface area contributed by atoms with Crippen molar-refractivity contribution < 1.29 is 9.50 Å². The highest BCUT2D eigenvalue weighted by atomic mass is 35.5. The monoisotopic (exact) mass is 273 g/mol. The first-order valence-electron chi connectivity index (χ1n) is 6.28. The molecule has 0 spiro atoms. The first-order valence-corrected chi connectivity index (χ1v) is 6.28. The van der Waals surface area contributed by atoms with Gasteiger partial charge in [-0.1, -0.05) is 19.1 Å². The molecule has 1 unspecified atom stereocenters. The summed E-state index contributed by atoms with van der Waals surface area (Å²) in [5, 5.41) is 13.4. The molecule has 1 aliphatic rings. The molecule has 2 rings (SSSR count). The van der Waals surface area contributed by atoms with E-state index in [0.717, 1.165) is 24.8 Å². The summed E-state index contributed by atoms with van der Waals surface area (Å²) in [6.07, 6.45) is 2.38. The van der Waals surface area contributed by atoms with E-state index in [0.29, 0.717) is 0 Å². The van der Waals surface area contributed by atoms with Crippen molar-refractivity contribution in [2.75, 3.05) is 0 Å². The zero-order valence-electron chi connectivity index (χ0n) is 10.8. The molecular formula is C14H21ClFNO. The van der Waals surface area contributed by atoms with E-state index >= 15 is 0 Å². The normalized spacial score (nSPS) is 28.8. The average molecular weight is 274 g/mol. The average Bonchev–Trinajstić information content (AvgIpc) is 2.74. The highest BCUT2D eigenvalue weighted by molar-refractivity contribution is 5.85. The first-order chi connectivity index (χ1) is 8.07. The SMILES string of the molecule is CC[C@@]1(C(C)O)CC[C@@H](c2cccc(F)c2)N1.Cl. The zero-order valence-corrected chi connectivity index (χ0v) is 11.6. The van der Waals surface area contributed by atoms with E-state index in [1.165, 1.54) is 6.07 Å². The molecule has 1 aliphatic heterocycles. The largest absolute Gasteiger partial charge is 0.391 e. The lowest BCUT2D eigenvalue weighted by molar-refractivity contribution is 0.0804. The number of rotatable bonds is 3. The van der Waals surface area contributed by atoms with Gasteiger partial charge >= 0.3 is 0 Å². The third-order valence-corrected chi connectivity index (χ3v) is 4.02. The Bertz CT molecular complexity index is 399. The molecular weight excluding hydrogens is 253 g/mol. The summed E-state index contributed by atoms with van der Waals surface area (Å²) in [5.74, 6) is -0.199. The molecule has 1 heterocycles. The maximum absolute atomic E-state index is 13.2. The smallest absolute Gasteiger partial charge is 0.123 e. The van der Waals surface area contributed by atoms with Crippen molar-refractivity contribution >= 4 is 12.4 Å². The Kier molecular flexibility index (Phi) is 5.14. The van der Waals surface area contributed by atoms with Crippen LogP contribution in [0.3, 0.4) is 0 Å². The summed E-state index contributed by atoms with van der Waals surface area (Å²) >= 11 is 0. The lowest BCUT2D eigenvalue weighted by Crippen LogP contribution is -2.49. The molecule has 0 saturated carbocycles. The topological polar surface area (TPSA) is 32.3 Å². The third kappa shape index (κ3) is 2.85. The van der Waals surface area contributed by atoms with Gasteiger partial charge in [0.2, 0.25) is 0 Å². The molecule has 0 amide bonds. The van der Waals surface area contributed by atoms with Crippen LogP contribution in [0.2, 0.25) is 0 Å². The van der Waals surface area contributed by atoms with Crippen LogP contribution in [0.4, 0.5) is 4.39 Å². The Labute approximate surface area is 114 Å². The predicted octanol–water partition coefficient (Wildman–Crippen LogP) is 3.20.